The first-order chi connectivity index (χ1) is 8.72. The standard InChI is InChI=1S/C14H9BrN2O/c15-12-3-1-2-11(8-12)14(18)13(9-16)10-4-6-17-7-5-10/h1-8,13H. The van der Waals surface area contributed by atoms with Crippen LogP contribution in [0.5, 0.6) is 0 Å². The average Bonchev–Trinajstić information content (AvgIpc) is 2.41. The summed E-state index contributed by atoms with van der Waals surface area (Å²) in [4.78, 5) is 16.1. The Labute approximate surface area is 113 Å². The smallest absolute Gasteiger partial charge is 0.184 e. The van der Waals surface area contributed by atoms with Crippen molar-refractivity contribution in [3.63, 3.8) is 0 Å². The molecule has 0 bridgehead atoms. The highest BCUT2D eigenvalue weighted by molar-refractivity contribution is 9.10. The van der Waals surface area contributed by atoms with Crippen molar-refractivity contribution in [1.82, 2.24) is 4.98 Å². The number of hydrogen-bond acceptors (Lipinski definition) is 3. The van der Waals surface area contributed by atoms with Crippen LogP contribution in [-0.4, -0.2) is 10.8 Å². The van der Waals surface area contributed by atoms with Crippen LogP contribution in [0.25, 0.3) is 0 Å². The van der Waals surface area contributed by atoms with Crippen LogP contribution in [0.1, 0.15) is 21.8 Å². The predicted octanol–water partition coefficient (Wildman–Crippen LogP) is 3.33. The average molecular weight is 301 g/mol. The van der Waals surface area contributed by atoms with E-state index in [1.165, 1.54) is 0 Å². The van der Waals surface area contributed by atoms with Crippen LogP contribution < -0.4 is 0 Å². The summed E-state index contributed by atoms with van der Waals surface area (Å²) >= 11 is 3.31. The Morgan fingerprint density at radius 1 is 1.28 bits per heavy atom. The third kappa shape index (κ3) is 2.63. The molecule has 88 valence electrons. The number of ketones is 1. The van der Waals surface area contributed by atoms with Crippen LogP contribution in [0.2, 0.25) is 0 Å². The van der Waals surface area contributed by atoms with Gasteiger partial charge in [-0.3, -0.25) is 9.78 Å². The van der Waals surface area contributed by atoms with Crippen LogP contribution in [0.3, 0.4) is 0 Å². The van der Waals surface area contributed by atoms with E-state index in [4.69, 9.17) is 0 Å². The van der Waals surface area contributed by atoms with Gasteiger partial charge in [0, 0.05) is 22.4 Å². The molecule has 1 aromatic carbocycles. The zero-order valence-corrected chi connectivity index (χ0v) is 11.0. The number of nitriles is 1. The molecule has 4 heteroatoms. The lowest BCUT2D eigenvalue weighted by Crippen LogP contribution is -2.11. The van der Waals surface area contributed by atoms with Gasteiger partial charge in [0.1, 0.15) is 5.92 Å². The maximum Gasteiger partial charge on any atom is 0.184 e. The normalized spacial score (nSPS) is 11.6. The van der Waals surface area contributed by atoms with Crippen molar-refractivity contribution < 1.29 is 4.79 Å². The van der Waals surface area contributed by atoms with E-state index in [0.29, 0.717) is 11.1 Å². The number of carbonyl (C=O) groups excluding carboxylic acids is 1. The van der Waals surface area contributed by atoms with Gasteiger partial charge in [-0.1, -0.05) is 28.1 Å². The molecular weight excluding hydrogens is 292 g/mol. The fourth-order valence-corrected chi connectivity index (χ4v) is 2.05. The van der Waals surface area contributed by atoms with E-state index in [0.717, 1.165) is 4.47 Å². The molecule has 0 fully saturated rings. The van der Waals surface area contributed by atoms with Crippen molar-refractivity contribution >= 4 is 21.7 Å². The minimum absolute atomic E-state index is 0.204. The number of aromatic nitrogens is 1. The van der Waals surface area contributed by atoms with E-state index in [2.05, 4.69) is 20.9 Å². The van der Waals surface area contributed by atoms with E-state index in [1.54, 1.807) is 42.7 Å². The summed E-state index contributed by atoms with van der Waals surface area (Å²) in [6.45, 7) is 0. The second-order valence-electron chi connectivity index (χ2n) is 3.72. The second kappa shape index (κ2) is 5.56. The molecule has 1 heterocycles. The topological polar surface area (TPSA) is 53.8 Å². The molecule has 1 unspecified atom stereocenters. The van der Waals surface area contributed by atoms with Crippen LogP contribution in [0.4, 0.5) is 0 Å². The number of nitrogens with zero attached hydrogens (tertiary/aromatic N) is 2. The van der Waals surface area contributed by atoms with Gasteiger partial charge in [0.25, 0.3) is 0 Å². The van der Waals surface area contributed by atoms with Crippen molar-refractivity contribution in [2.24, 2.45) is 0 Å². The second-order valence-corrected chi connectivity index (χ2v) is 4.63. The van der Waals surface area contributed by atoms with Gasteiger partial charge in [-0.2, -0.15) is 5.26 Å². The van der Waals surface area contributed by atoms with Crippen molar-refractivity contribution in [3.8, 4) is 6.07 Å². The Kier molecular flexibility index (Phi) is 3.85. The van der Waals surface area contributed by atoms with E-state index in [1.807, 2.05) is 12.1 Å². The van der Waals surface area contributed by atoms with E-state index < -0.39 is 5.92 Å². The lowest BCUT2D eigenvalue weighted by molar-refractivity contribution is 0.0979. The zero-order chi connectivity index (χ0) is 13.0. The number of halogens is 1. The monoisotopic (exact) mass is 300 g/mol. The summed E-state index contributed by atoms with van der Waals surface area (Å²) in [5, 5.41) is 9.18. The third-order valence-corrected chi connectivity index (χ3v) is 3.03. The van der Waals surface area contributed by atoms with Crippen molar-refractivity contribution in [2.45, 2.75) is 5.92 Å². The highest BCUT2D eigenvalue weighted by Gasteiger charge is 2.21. The summed E-state index contributed by atoms with van der Waals surface area (Å²) in [5.74, 6) is -0.993. The lowest BCUT2D eigenvalue weighted by Gasteiger charge is -2.08. The number of Topliss-reactive ketones (excluding diaryl/α,β-unsaturated/α-hetero) is 1. The fraction of sp³-hybridized carbons (Fsp3) is 0.0714. The largest absolute Gasteiger partial charge is 0.292 e. The van der Waals surface area contributed by atoms with Gasteiger partial charge in [-0.15, -0.1) is 0 Å². The number of benzene rings is 1. The van der Waals surface area contributed by atoms with Crippen LogP contribution in [-0.2, 0) is 0 Å². The molecule has 0 aliphatic heterocycles. The molecule has 0 aliphatic carbocycles. The summed E-state index contributed by atoms with van der Waals surface area (Å²) < 4.78 is 0.819. The highest BCUT2D eigenvalue weighted by atomic mass is 79.9. The maximum absolute atomic E-state index is 12.3. The van der Waals surface area contributed by atoms with Gasteiger partial charge in [0.2, 0.25) is 0 Å². The molecule has 0 spiro atoms. The van der Waals surface area contributed by atoms with Crippen LogP contribution in [0, 0.1) is 11.3 Å². The Morgan fingerprint density at radius 2 is 2.00 bits per heavy atom. The minimum atomic E-state index is -0.790. The van der Waals surface area contributed by atoms with Crippen molar-refractivity contribution in [1.29, 1.82) is 5.26 Å². The molecule has 1 atom stereocenters. The Hall–Kier alpha value is -1.99. The summed E-state index contributed by atoms with van der Waals surface area (Å²) in [6, 6.07) is 12.4. The van der Waals surface area contributed by atoms with E-state index >= 15 is 0 Å². The molecule has 0 saturated heterocycles. The van der Waals surface area contributed by atoms with Crippen molar-refractivity contribution in [2.75, 3.05) is 0 Å². The van der Waals surface area contributed by atoms with Gasteiger partial charge < -0.3 is 0 Å². The summed E-state index contributed by atoms with van der Waals surface area (Å²) in [6.07, 6.45) is 3.15. The lowest BCUT2D eigenvalue weighted by atomic mass is 9.93. The molecule has 0 amide bonds. The van der Waals surface area contributed by atoms with Crippen LogP contribution in [0.15, 0.2) is 53.3 Å². The molecule has 1 aromatic heterocycles. The summed E-state index contributed by atoms with van der Waals surface area (Å²) in [7, 11) is 0. The van der Waals surface area contributed by atoms with Gasteiger partial charge in [-0.05, 0) is 29.8 Å². The van der Waals surface area contributed by atoms with Crippen molar-refractivity contribution in [3.05, 3.63) is 64.4 Å². The Balaban J connectivity index is 2.36. The molecular formula is C14H9BrN2O. The first-order valence-corrected chi connectivity index (χ1v) is 6.11. The van der Waals surface area contributed by atoms with Gasteiger partial charge >= 0.3 is 0 Å². The Bertz CT molecular complexity index is 605. The minimum Gasteiger partial charge on any atom is -0.292 e. The van der Waals surface area contributed by atoms with E-state index in [9.17, 15) is 10.1 Å². The number of hydrogen-bond donors (Lipinski definition) is 0. The number of pyridine rings is 1. The molecule has 0 aliphatic rings. The molecule has 0 N–H and O–H groups in total. The predicted molar refractivity (Wildman–Crippen MR) is 71.1 cm³/mol. The molecule has 0 radical (unpaired) electrons. The molecule has 3 nitrogen and oxygen atoms in total. The molecule has 2 aromatic rings. The fourth-order valence-electron chi connectivity index (χ4n) is 1.65. The SMILES string of the molecule is N#CC(C(=O)c1cccc(Br)c1)c1ccncc1. The van der Waals surface area contributed by atoms with Gasteiger partial charge in [-0.25, -0.2) is 0 Å². The Morgan fingerprint density at radius 3 is 2.61 bits per heavy atom. The first kappa shape index (κ1) is 12.5. The van der Waals surface area contributed by atoms with Gasteiger partial charge in [0.15, 0.2) is 5.78 Å². The molecule has 18 heavy (non-hydrogen) atoms. The van der Waals surface area contributed by atoms with E-state index in [-0.39, 0.29) is 5.78 Å². The maximum atomic E-state index is 12.3. The zero-order valence-electron chi connectivity index (χ0n) is 9.38. The quantitative estimate of drug-likeness (QED) is 0.817. The number of carbonyl (C=O) groups is 1. The molecule has 0 saturated carbocycles. The number of rotatable bonds is 3. The first-order valence-electron chi connectivity index (χ1n) is 5.31. The third-order valence-electron chi connectivity index (χ3n) is 2.54. The highest BCUT2D eigenvalue weighted by Crippen LogP contribution is 2.21. The van der Waals surface area contributed by atoms with Crippen LogP contribution >= 0.6 is 15.9 Å². The summed E-state index contributed by atoms with van der Waals surface area (Å²) in [5.41, 5.74) is 1.19. The molecule has 2 rings (SSSR count). The van der Waals surface area contributed by atoms with Gasteiger partial charge in [0.05, 0.1) is 6.07 Å².